The van der Waals surface area contributed by atoms with Crippen molar-refractivity contribution in [3.05, 3.63) is 66.3 Å². The van der Waals surface area contributed by atoms with Crippen molar-refractivity contribution in [3.8, 4) is 0 Å². The number of allylic oxidation sites excluding steroid dienone is 2. The molecule has 0 bridgehead atoms. The first-order chi connectivity index (χ1) is 9.12. The third kappa shape index (κ3) is 4.83. The van der Waals surface area contributed by atoms with Gasteiger partial charge in [-0.25, -0.2) is 0 Å². The van der Waals surface area contributed by atoms with Gasteiger partial charge < -0.3 is 16.6 Å². The van der Waals surface area contributed by atoms with Crippen LogP contribution in [0.25, 0.3) is 6.08 Å². The van der Waals surface area contributed by atoms with Crippen molar-refractivity contribution in [1.29, 1.82) is 0 Å². The van der Waals surface area contributed by atoms with Gasteiger partial charge in [0.15, 0.2) is 0 Å². The van der Waals surface area contributed by atoms with Gasteiger partial charge in [0, 0.05) is 12.6 Å². The summed E-state index contributed by atoms with van der Waals surface area (Å²) in [7, 11) is 0. The maximum Gasteiger partial charge on any atom is 0.0721 e. The van der Waals surface area contributed by atoms with Gasteiger partial charge in [0.2, 0.25) is 0 Å². The first kappa shape index (κ1) is 15.4. The topological polar surface area (TPSA) is 72.3 Å². The molecule has 2 atom stereocenters. The largest absolute Gasteiger partial charge is 0.397 e. The molecule has 102 valence electrons. The molecule has 5 N–H and O–H groups in total. The van der Waals surface area contributed by atoms with Gasteiger partial charge >= 0.3 is 0 Å². The zero-order chi connectivity index (χ0) is 14.1. The SMILES string of the molecule is CCO.NC1C=CC=CC1(N)C=Cc1ccccc1. The van der Waals surface area contributed by atoms with E-state index >= 15 is 0 Å². The summed E-state index contributed by atoms with van der Waals surface area (Å²) in [6.07, 6.45) is 11.6. The number of aliphatic hydroxyl groups excluding tert-OH is 1. The third-order valence-electron chi connectivity index (χ3n) is 2.76. The summed E-state index contributed by atoms with van der Waals surface area (Å²) >= 11 is 0. The van der Waals surface area contributed by atoms with E-state index in [0.717, 1.165) is 5.56 Å². The Morgan fingerprint density at radius 1 is 1.26 bits per heavy atom. The molecule has 1 aromatic carbocycles. The van der Waals surface area contributed by atoms with E-state index in [0.29, 0.717) is 0 Å². The lowest BCUT2D eigenvalue weighted by Gasteiger charge is -2.29. The fourth-order valence-corrected chi connectivity index (χ4v) is 1.66. The van der Waals surface area contributed by atoms with Crippen LogP contribution >= 0.6 is 0 Å². The Balaban J connectivity index is 0.000000550. The average molecular weight is 258 g/mol. The molecule has 0 aromatic heterocycles. The molecule has 0 saturated heterocycles. The van der Waals surface area contributed by atoms with Crippen molar-refractivity contribution in [2.75, 3.05) is 6.61 Å². The molecule has 1 aliphatic rings. The lowest BCUT2D eigenvalue weighted by molar-refractivity contribution is 0.318. The van der Waals surface area contributed by atoms with Crippen molar-refractivity contribution in [2.24, 2.45) is 11.5 Å². The summed E-state index contributed by atoms with van der Waals surface area (Å²) in [6.45, 7) is 1.93. The highest BCUT2D eigenvalue weighted by atomic mass is 16.2. The third-order valence-corrected chi connectivity index (χ3v) is 2.76. The van der Waals surface area contributed by atoms with Crippen LogP contribution in [0.4, 0.5) is 0 Å². The molecule has 0 fully saturated rings. The van der Waals surface area contributed by atoms with Gasteiger partial charge in [-0.3, -0.25) is 0 Å². The van der Waals surface area contributed by atoms with Crippen LogP contribution in [0, 0.1) is 0 Å². The predicted octanol–water partition coefficient (Wildman–Crippen LogP) is 1.85. The summed E-state index contributed by atoms with van der Waals surface area (Å²) in [5.41, 5.74) is 12.7. The molecule has 1 aliphatic carbocycles. The zero-order valence-electron chi connectivity index (χ0n) is 11.2. The smallest absolute Gasteiger partial charge is 0.0721 e. The number of aliphatic hydroxyl groups is 1. The summed E-state index contributed by atoms with van der Waals surface area (Å²) in [5, 5.41) is 7.57. The van der Waals surface area contributed by atoms with E-state index in [1.165, 1.54) is 0 Å². The van der Waals surface area contributed by atoms with E-state index in [9.17, 15) is 0 Å². The normalized spacial score (nSPS) is 25.2. The first-order valence-corrected chi connectivity index (χ1v) is 6.38. The van der Waals surface area contributed by atoms with E-state index in [4.69, 9.17) is 16.6 Å². The highest BCUT2D eigenvalue weighted by Crippen LogP contribution is 2.17. The Hall–Kier alpha value is -1.68. The molecule has 0 aliphatic heterocycles. The van der Waals surface area contributed by atoms with Crippen LogP contribution in [-0.2, 0) is 0 Å². The molecular formula is C16H22N2O. The van der Waals surface area contributed by atoms with E-state index in [1.54, 1.807) is 6.92 Å². The Kier molecular flexibility index (Phi) is 6.22. The van der Waals surface area contributed by atoms with Crippen LogP contribution in [0.2, 0.25) is 0 Å². The van der Waals surface area contributed by atoms with Crippen LogP contribution in [-0.4, -0.2) is 23.3 Å². The van der Waals surface area contributed by atoms with E-state index < -0.39 is 5.54 Å². The van der Waals surface area contributed by atoms with Gasteiger partial charge in [-0.15, -0.1) is 0 Å². The van der Waals surface area contributed by atoms with Crippen molar-refractivity contribution >= 4 is 6.08 Å². The van der Waals surface area contributed by atoms with Gasteiger partial charge in [0.05, 0.1) is 5.54 Å². The number of hydrogen-bond acceptors (Lipinski definition) is 3. The monoisotopic (exact) mass is 258 g/mol. The van der Waals surface area contributed by atoms with E-state index in [1.807, 2.05) is 66.8 Å². The van der Waals surface area contributed by atoms with Crippen LogP contribution in [0.5, 0.6) is 0 Å². The lowest BCUT2D eigenvalue weighted by atomic mass is 9.87. The molecular weight excluding hydrogens is 236 g/mol. The summed E-state index contributed by atoms with van der Waals surface area (Å²) in [4.78, 5) is 0. The Bertz CT molecular complexity index is 451. The minimum Gasteiger partial charge on any atom is -0.397 e. The van der Waals surface area contributed by atoms with Crippen molar-refractivity contribution in [3.63, 3.8) is 0 Å². The second-order valence-electron chi connectivity index (χ2n) is 4.33. The number of hydrogen-bond donors (Lipinski definition) is 3. The molecule has 0 spiro atoms. The molecule has 0 amide bonds. The van der Waals surface area contributed by atoms with Crippen LogP contribution < -0.4 is 11.5 Å². The Morgan fingerprint density at radius 3 is 2.47 bits per heavy atom. The highest BCUT2D eigenvalue weighted by molar-refractivity contribution is 5.53. The summed E-state index contributed by atoms with van der Waals surface area (Å²) in [5.74, 6) is 0. The minimum absolute atomic E-state index is 0.169. The predicted molar refractivity (Wildman–Crippen MR) is 81.4 cm³/mol. The van der Waals surface area contributed by atoms with Gasteiger partial charge in [0.1, 0.15) is 0 Å². The molecule has 0 saturated carbocycles. The highest BCUT2D eigenvalue weighted by Gasteiger charge is 2.25. The molecule has 1 aromatic rings. The van der Waals surface area contributed by atoms with Gasteiger partial charge in [-0.05, 0) is 12.5 Å². The minimum atomic E-state index is -0.579. The van der Waals surface area contributed by atoms with Crippen molar-refractivity contribution < 1.29 is 5.11 Å². The van der Waals surface area contributed by atoms with Gasteiger partial charge in [0.25, 0.3) is 0 Å². The van der Waals surface area contributed by atoms with Crippen LogP contribution in [0.15, 0.2) is 60.7 Å². The molecule has 2 unspecified atom stereocenters. The molecule has 0 radical (unpaired) electrons. The van der Waals surface area contributed by atoms with Crippen LogP contribution in [0.1, 0.15) is 12.5 Å². The van der Waals surface area contributed by atoms with Crippen molar-refractivity contribution in [2.45, 2.75) is 18.5 Å². The second kappa shape index (κ2) is 7.69. The zero-order valence-corrected chi connectivity index (χ0v) is 11.2. The second-order valence-corrected chi connectivity index (χ2v) is 4.33. The van der Waals surface area contributed by atoms with Crippen LogP contribution in [0.3, 0.4) is 0 Å². The Labute approximate surface area is 114 Å². The van der Waals surface area contributed by atoms with Gasteiger partial charge in [-0.1, -0.05) is 66.8 Å². The number of benzene rings is 1. The molecule has 3 nitrogen and oxygen atoms in total. The molecule has 2 rings (SSSR count). The first-order valence-electron chi connectivity index (χ1n) is 6.38. The fraction of sp³-hybridized carbons (Fsp3) is 0.250. The quantitative estimate of drug-likeness (QED) is 0.758. The number of rotatable bonds is 2. The average Bonchev–Trinajstić information content (AvgIpc) is 2.42. The lowest BCUT2D eigenvalue weighted by Crippen LogP contribution is -2.52. The maximum absolute atomic E-state index is 7.57. The summed E-state index contributed by atoms with van der Waals surface area (Å²) in [6, 6.07) is 9.89. The summed E-state index contributed by atoms with van der Waals surface area (Å²) < 4.78 is 0. The molecule has 3 heteroatoms. The van der Waals surface area contributed by atoms with Crippen molar-refractivity contribution in [1.82, 2.24) is 0 Å². The van der Waals surface area contributed by atoms with Gasteiger partial charge in [-0.2, -0.15) is 0 Å². The molecule has 0 heterocycles. The van der Waals surface area contributed by atoms with E-state index in [-0.39, 0.29) is 12.6 Å². The number of nitrogens with two attached hydrogens (primary N) is 2. The maximum atomic E-state index is 7.57. The fourth-order valence-electron chi connectivity index (χ4n) is 1.66. The Morgan fingerprint density at radius 2 is 1.89 bits per heavy atom. The standard InChI is InChI=1S/C14H16N2.C2H6O/c15-13-8-4-5-10-14(13,16)11-9-12-6-2-1-3-7-12;1-2-3/h1-11,13H,15-16H2;3H,2H2,1H3. The molecule has 19 heavy (non-hydrogen) atoms. The van der Waals surface area contributed by atoms with E-state index in [2.05, 4.69) is 0 Å².